The molecule has 27 heavy (non-hydrogen) atoms. The second kappa shape index (κ2) is 7.60. The molecule has 4 rings (SSSR count). The molecular formula is C19H20Cl2N2O3S. The number of rotatable bonds is 3. The summed E-state index contributed by atoms with van der Waals surface area (Å²) in [6, 6.07) is 12.6. The maximum Gasteiger partial charge on any atom is 0.244 e. The Morgan fingerprint density at radius 3 is 2.52 bits per heavy atom. The zero-order valence-corrected chi connectivity index (χ0v) is 17.0. The highest BCUT2D eigenvalue weighted by Gasteiger charge is 2.34. The SMILES string of the molecule is O=S(=O)(c1ccccc1Cl)N1CCC(N2COCc3cc(Cl)ccc32)CC1. The van der Waals surface area contributed by atoms with Crippen molar-refractivity contribution >= 4 is 38.9 Å². The quantitative estimate of drug-likeness (QED) is 0.739. The fourth-order valence-electron chi connectivity index (χ4n) is 3.76. The van der Waals surface area contributed by atoms with Gasteiger partial charge in [-0.25, -0.2) is 8.42 Å². The molecule has 0 spiro atoms. The third-order valence-corrected chi connectivity index (χ3v) is 7.79. The van der Waals surface area contributed by atoms with Gasteiger partial charge in [0.2, 0.25) is 10.0 Å². The molecule has 2 aliphatic rings. The van der Waals surface area contributed by atoms with Crippen molar-refractivity contribution in [2.45, 2.75) is 30.4 Å². The Balaban J connectivity index is 1.50. The second-order valence-corrected chi connectivity index (χ2v) is 9.54. The molecule has 144 valence electrons. The Labute approximate surface area is 169 Å². The monoisotopic (exact) mass is 426 g/mol. The highest BCUT2D eigenvalue weighted by molar-refractivity contribution is 7.89. The zero-order valence-electron chi connectivity index (χ0n) is 14.6. The summed E-state index contributed by atoms with van der Waals surface area (Å²) in [5, 5.41) is 0.953. The lowest BCUT2D eigenvalue weighted by Crippen LogP contribution is -2.48. The highest BCUT2D eigenvalue weighted by atomic mass is 35.5. The van der Waals surface area contributed by atoms with Crippen molar-refractivity contribution in [3.05, 3.63) is 58.1 Å². The molecule has 0 bridgehead atoms. The van der Waals surface area contributed by atoms with Crippen LogP contribution in [0.2, 0.25) is 10.0 Å². The standard InChI is InChI=1S/C19H20Cl2N2O3S/c20-15-5-6-18-14(11-15)12-26-13-23(18)16-7-9-22(10-8-16)27(24,25)19-4-2-1-3-17(19)21/h1-6,11,16H,7-10,12-13H2. The smallest absolute Gasteiger partial charge is 0.244 e. The van der Waals surface area contributed by atoms with Crippen molar-refractivity contribution in [2.24, 2.45) is 0 Å². The van der Waals surface area contributed by atoms with Crippen molar-refractivity contribution in [3.63, 3.8) is 0 Å². The number of nitrogens with zero attached hydrogens (tertiary/aromatic N) is 2. The molecular weight excluding hydrogens is 407 g/mol. The minimum absolute atomic E-state index is 0.173. The molecule has 0 aromatic heterocycles. The fraction of sp³-hybridized carbons (Fsp3) is 0.368. The summed E-state index contributed by atoms with van der Waals surface area (Å²) in [7, 11) is -3.58. The van der Waals surface area contributed by atoms with Gasteiger partial charge < -0.3 is 9.64 Å². The van der Waals surface area contributed by atoms with E-state index in [4.69, 9.17) is 27.9 Å². The Morgan fingerprint density at radius 2 is 1.78 bits per heavy atom. The molecule has 2 aromatic carbocycles. The van der Waals surface area contributed by atoms with Gasteiger partial charge in [0, 0.05) is 35.4 Å². The van der Waals surface area contributed by atoms with E-state index < -0.39 is 10.0 Å². The van der Waals surface area contributed by atoms with Gasteiger partial charge in [-0.1, -0.05) is 35.3 Å². The van der Waals surface area contributed by atoms with Crippen molar-refractivity contribution < 1.29 is 13.2 Å². The van der Waals surface area contributed by atoms with E-state index in [-0.39, 0.29) is 16.0 Å². The molecule has 2 heterocycles. The largest absolute Gasteiger partial charge is 0.356 e. The number of fused-ring (bicyclic) bond motifs is 1. The highest BCUT2D eigenvalue weighted by Crippen LogP contribution is 2.34. The molecule has 0 unspecified atom stereocenters. The predicted molar refractivity (Wildman–Crippen MR) is 107 cm³/mol. The van der Waals surface area contributed by atoms with Gasteiger partial charge in [-0.3, -0.25) is 0 Å². The molecule has 5 nitrogen and oxygen atoms in total. The van der Waals surface area contributed by atoms with E-state index in [9.17, 15) is 8.42 Å². The van der Waals surface area contributed by atoms with Crippen LogP contribution in [0.4, 0.5) is 5.69 Å². The average molecular weight is 427 g/mol. The van der Waals surface area contributed by atoms with Crippen LogP contribution in [-0.2, 0) is 21.4 Å². The van der Waals surface area contributed by atoms with Gasteiger partial charge in [0.15, 0.2) is 0 Å². The van der Waals surface area contributed by atoms with Gasteiger partial charge >= 0.3 is 0 Å². The fourth-order valence-corrected chi connectivity index (χ4v) is 5.92. The number of ether oxygens (including phenoxy) is 1. The first kappa shape index (κ1) is 19.0. The molecule has 0 saturated carbocycles. The molecule has 0 aliphatic carbocycles. The van der Waals surface area contributed by atoms with Crippen molar-refractivity contribution in [1.29, 1.82) is 0 Å². The van der Waals surface area contributed by atoms with Crippen molar-refractivity contribution in [2.75, 3.05) is 24.7 Å². The maximum absolute atomic E-state index is 12.9. The molecule has 1 fully saturated rings. The number of hydrogen-bond donors (Lipinski definition) is 0. The van der Waals surface area contributed by atoms with E-state index in [0.29, 0.717) is 31.4 Å². The van der Waals surface area contributed by atoms with Crippen molar-refractivity contribution in [3.8, 4) is 0 Å². The molecule has 2 aromatic rings. The van der Waals surface area contributed by atoms with Crippen LogP contribution >= 0.6 is 23.2 Å². The molecule has 8 heteroatoms. The lowest BCUT2D eigenvalue weighted by atomic mass is 10.0. The summed E-state index contributed by atoms with van der Waals surface area (Å²) in [5.41, 5.74) is 2.19. The van der Waals surface area contributed by atoms with E-state index >= 15 is 0 Å². The maximum atomic E-state index is 12.9. The lowest BCUT2D eigenvalue weighted by Gasteiger charge is -2.41. The molecule has 0 N–H and O–H groups in total. The second-order valence-electron chi connectivity index (χ2n) is 6.79. The lowest BCUT2D eigenvalue weighted by molar-refractivity contribution is 0.0988. The number of hydrogen-bond acceptors (Lipinski definition) is 4. The van der Waals surface area contributed by atoms with Crippen molar-refractivity contribution in [1.82, 2.24) is 4.31 Å². The van der Waals surface area contributed by atoms with E-state index in [0.717, 1.165) is 24.1 Å². The number of anilines is 1. The van der Waals surface area contributed by atoms with Crippen LogP contribution in [0.5, 0.6) is 0 Å². The Bertz CT molecular complexity index is 944. The summed E-state index contributed by atoms with van der Waals surface area (Å²) in [6.45, 7) is 1.97. The average Bonchev–Trinajstić information content (AvgIpc) is 2.67. The first-order chi connectivity index (χ1) is 13.0. The Hall–Kier alpha value is -1.31. The van der Waals surface area contributed by atoms with Gasteiger partial charge in [0.1, 0.15) is 11.6 Å². The number of benzene rings is 2. The minimum Gasteiger partial charge on any atom is -0.356 e. The third kappa shape index (κ3) is 3.69. The van der Waals surface area contributed by atoms with Gasteiger partial charge in [-0.15, -0.1) is 0 Å². The Kier molecular flexibility index (Phi) is 5.36. The number of piperidine rings is 1. The van der Waals surface area contributed by atoms with E-state index in [1.54, 1.807) is 24.3 Å². The molecule has 0 amide bonds. The number of halogens is 2. The van der Waals surface area contributed by atoms with Crippen LogP contribution in [0.15, 0.2) is 47.4 Å². The summed E-state index contributed by atoms with van der Waals surface area (Å²) in [4.78, 5) is 2.39. The summed E-state index contributed by atoms with van der Waals surface area (Å²) in [5.74, 6) is 0. The Morgan fingerprint density at radius 1 is 1.04 bits per heavy atom. The van der Waals surface area contributed by atoms with E-state index in [2.05, 4.69) is 4.90 Å². The van der Waals surface area contributed by atoms with Gasteiger partial charge in [-0.05, 0) is 43.2 Å². The molecule has 0 atom stereocenters. The van der Waals surface area contributed by atoms with Crippen LogP contribution in [0.3, 0.4) is 0 Å². The molecule has 1 saturated heterocycles. The molecule has 0 radical (unpaired) electrons. The summed E-state index contributed by atoms with van der Waals surface area (Å²) < 4.78 is 33.1. The minimum atomic E-state index is -3.58. The first-order valence-electron chi connectivity index (χ1n) is 8.84. The zero-order chi connectivity index (χ0) is 19.0. The number of sulfonamides is 1. The van der Waals surface area contributed by atoms with E-state index in [1.165, 1.54) is 4.31 Å². The molecule has 2 aliphatic heterocycles. The first-order valence-corrected chi connectivity index (χ1v) is 11.0. The van der Waals surface area contributed by atoms with Crippen LogP contribution in [0, 0.1) is 0 Å². The van der Waals surface area contributed by atoms with Gasteiger partial charge in [-0.2, -0.15) is 4.31 Å². The summed E-state index contributed by atoms with van der Waals surface area (Å²) >= 11 is 12.2. The van der Waals surface area contributed by atoms with Gasteiger partial charge in [0.05, 0.1) is 11.6 Å². The van der Waals surface area contributed by atoms with Crippen LogP contribution in [-0.4, -0.2) is 38.6 Å². The third-order valence-electron chi connectivity index (χ3n) is 5.16. The van der Waals surface area contributed by atoms with Crippen LogP contribution in [0.25, 0.3) is 0 Å². The van der Waals surface area contributed by atoms with Gasteiger partial charge in [0.25, 0.3) is 0 Å². The van der Waals surface area contributed by atoms with Crippen LogP contribution in [0.1, 0.15) is 18.4 Å². The van der Waals surface area contributed by atoms with E-state index in [1.807, 2.05) is 18.2 Å². The predicted octanol–water partition coefficient (Wildman–Crippen LogP) is 4.14. The van der Waals surface area contributed by atoms with Crippen LogP contribution < -0.4 is 4.90 Å². The summed E-state index contributed by atoms with van der Waals surface area (Å²) in [6.07, 6.45) is 1.46. The topological polar surface area (TPSA) is 49.9 Å². The normalized spacial score (nSPS) is 19.1.